The van der Waals surface area contributed by atoms with E-state index in [0.717, 1.165) is 5.69 Å². The maximum atomic E-state index is 10.3. The first kappa shape index (κ1) is 10.2. The van der Waals surface area contributed by atoms with Crippen molar-refractivity contribution in [3.8, 4) is 11.4 Å². The van der Waals surface area contributed by atoms with E-state index >= 15 is 0 Å². The highest BCUT2D eigenvalue weighted by Gasteiger charge is 2.00. The van der Waals surface area contributed by atoms with Crippen LogP contribution in [0.15, 0.2) is 36.7 Å². The van der Waals surface area contributed by atoms with Gasteiger partial charge in [-0.1, -0.05) is 5.21 Å². The van der Waals surface area contributed by atoms with Crippen molar-refractivity contribution < 1.29 is 14.6 Å². The molecule has 0 aliphatic heterocycles. The largest absolute Gasteiger partial charge is 0.482 e. The SMILES string of the molecule is O=C(O)COc1ccc(-n2ccnn2)cc1. The zero-order valence-corrected chi connectivity index (χ0v) is 8.28. The third-order valence-electron chi connectivity index (χ3n) is 1.89. The molecule has 0 aliphatic rings. The van der Waals surface area contributed by atoms with Gasteiger partial charge in [-0.05, 0) is 24.3 Å². The first-order chi connectivity index (χ1) is 7.75. The summed E-state index contributed by atoms with van der Waals surface area (Å²) in [7, 11) is 0. The number of carbonyl (C=O) groups is 1. The Morgan fingerprint density at radius 2 is 2.12 bits per heavy atom. The Labute approximate surface area is 91.1 Å². The molecule has 0 fully saturated rings. The van der Waals surface area contributed by atoms with Crippen LogP contribution in [0.25, 0.3) is 5.69 Å². The van der Waals surface area contributed by atoms with E-state index in [4.69, 9.17) is 9.84 Å². The van der Waals surface area contributed by atoms with Gasteiger partial charge in [0.25, 0.3) is 0 Å². The van der Waals surface area contributed by atoms with Crippen molar-refractivity contribution in [1.29, 1.82) is 0 Å². The number of benzene rings is 1. The summed E-state index contributed by atoms with van der Waals surface area (Å²) in [6, 6.07) is 6.90. The Kier molecular flexibility index (Phi) is 2.81. The smallest absolute Gasteiger partial charge is 0.341 e. The van der Waals surface area contributed by atoms with Crippen LogP contribution in [-0.4, -0.2) is 32.7 Å². The number of hydrogen-bond acceptors (Lipinski definition) is 4. The van der Waals surface area contributed by atoms with Crippen LogP contribution in [0.3, 0.4) is 0 Å². The summed E-state index contributed by atoms with van der Waals surface area (Å²) in [5.41, 5.74) is 0.833. The predicted octanol–water partition coefficient (Wildman–Crippen LogP) is 0.731. The summed E-state index contributed by atoms with van der Waals surface area (Å²) in [6.45, 7) is -0.345. The van der Waals surface area contributed by atoms with Crippen molar-refractivity contribution in [3.63, 3.8) is 0 Å². The van der Waals surface area contributed by atoms with Crippen LogP contribution in [0.2, 0.25) is 0 Å². The van der Waals surface area contributed by atoms with Crippen LogP contribution in [0.4, 0.5) is 0 Å². The molecule has 6 heteroatoms. The lowest BCUT2D eigenvalue weighted by atomic mass is 10.3. The highest BCUT2D eigenvalue weighted by Crippen LogP contribution is 2.14. The van der Waals surface area contributed by atoms with E-state index in [2.05, 4.69) is 10.3 Å². The summed E-state index contributed by atoms with van der Waals surface area (Å²) in [5.74, 6) is -0.494. The second-order valence-electron chi connectivity index (χ2n) is 3.02. The fourth-order valence-electron chi connectivity index (χ4n) is 1.19. The molecular weight excluding hydrogens is 210 g/mol. The van der Waals surface area contributed by atoms with Crippen LogP contribution in [0.5, 0.6) is 5.75 Å². The quantitative estimate of drug-likeness (QED) is 0.820. The minimum atomic E-state index is -1.000. The lowest BCUT2D eigenvalue weighted by Crippen LogP contribution is -2.09. The maximum absolute atomic E-state index is 10.3. The first-order valence-electron chi connectivity index (χ1n) is 4.57. The lowest BCUT2D eigenvalue weighted by Gasteiger charge is -2.04. The van der Waals surface area contributed by atoms with Gasteiger partial charge >= 0.3 is 5.97 Å². The molecule has 0 atom stereocenters. The minimum absolute atomic E-state index is 0.345. The first-order valence-corrected chi connectivity index (χ1v) is 4.57. The number of nitrogens with zero attached hydrogens (tertiary/aromatic N) is 3. The van der Waals surface area contributed by atoms with Gasteiger partial charge in [-0.2, -0.15) is 0 Å². The molecule has 82 valence electrons. The summed E-state index contributed by atoms with van der Waals surface area (Å²) < 4.78 is 6.59. The third-order valence-corrected chi connectivity index (χ3v) is 1.89. The van der Waals surface area contributed by atoms with Crippen LogP contribution in [0, 0.1) is 0 Å². The summed E-state index contributed by atoms with van der Waals surface area (Å²) in [5, 5.41) is 15.9. The third kappa shape index (κ3) is 2.35. The maximum Gasteiger partial charge on any atom is 0.341 e. The van der Waals surface area contributed by atoms with Crippen molar-refractivity contribution >= 4 is 5.97 Å². The van der Waals surface area contributed by atoms with Gasteiger partial charge in [0.2, 0.25) is 0 Å². The van der Waals surface area contributed by atoms with E-state index in [1.54, 1.807) is 41.3 Å². The average molecular weight is 219 g/mol. The number of rotatable bonds is 4. The van der Waals surface area contributed by atoms with Crippen molar-refractivity contribution in [2.45, 2.75) is 0 Å². The highest BCUT2D eigenvalue weighted by atomic mass is 16.5. The van der Waals surface area contributed by atoms with Crippen molar-refractivity contribution in [2.75, 3.05) is 6.61 Å². The number of carboxylic acids is 1. The Hall–Kier alpha value is -2.37. The molecular formula is C10H9N3O3. The van der Waals surface area contributed by atoms with E-state index in [1.165, 1.54) is 0 Å². The summed E-state index contributed by atoms with van der Waals surface area (Å²) in [4.78, 5) is 10.3. The normalized spacial score (nSPS) is 10.0. The Bertz CT molecular complexity index is 465. The van der Waals surface area contributed by atoms with Gasteiger partial charge in [0, 0.05) is 0 Å². The molecule has 2 aromatic rings. The van der Waals surface area contributed by atoms with E-state index in [0.29, 0.717) is 5.75 Å². The van der Waals surface area contributed by atoms with E-state index in [-0.39, 0.29) is 6.61 Å². The molecule has 0 saturated heterocycles. The van der Waals surface area contributed by atoms with Crippen LogP contribution in [-0.2, 0) is 4.79 Å². The molecule has 6 nitrogen and oxygen atoms in total. The molecule has 0 spiro atoms. The van der Waals surface area contributed by atoms with Gasteiger partial charge in [0.05, 0.1) is 18.1 Å². The number of carboxylic acid groups (broad SMARTS) is 1. The second kappa shape index (κ2) is 4.43. The van der Waals surface area contributed by atoms with E-state index < -0.39 is 5.97 Å². The number of hydrogen-bond donors (Lipinski definition) is 1. The molecule has 1 heterocycles. The van der Waals surface area contributed by atoms with E-state index in [9.17, 15) is 4.79 Å². The number of aliphatic carboxylic acids is 1. The summed E-state index contributed by atoms with van der Waals surface area (Å²) >= 11 is 0. The lowest BCUT2D eigenvalue weighted by molar-refractivity contribution is -0.139. The topological polar surface area (TPSA) is 77.2 Å². The Morgan fingerprint density at radius 1 is 1.38 bits per heavy atom. The zero-order chi connectivity index (χ0) is 11.4. The van der Waals surface area contributed by atoms with Gasteiger partial charge < -0.3 is 9.84 Å². The fraction of sp³-hybridized carbons (Fsp3) is 0.100. The highest BCUT2D eigenvalue weighted by molar-refractivity contribution is 5.68. The van der Waals surface area contributed by atoms with Crippen LogP contribution in [0.1, 0.15) is 0 Å². The van der Waals surface area contributed by atoms with Gasteiger partial charge in [0.15, 0.2) is 6.61 Å². The molecule has 1 aromatic heterocycles. The Morgan fingerprint density at radius 3 is 2.69 bits per heavy atom. The second-order valence-corrected chi connectivity index (χ2v) is 3.02. The van der Waals surface area contributed by atoms with Gasteiger partial charge in [-0.3, -0.25) is 0 Å². The summed E-state index contributed by atoms with van der Waals surface area (Å²) in [6.07, 6.45) is 3.29. The molecule has 16 heavy (non-hydrogen) atoms. The molecule has 0 radical (unpaired) electrons. The number of aromatic nitrogens is 3. The average Bonchev–Trinajstić information content (AvgIpc) is 2.80. The Balaban J connectivity index is 2.08. The zero-order valence-electron chi connectivity index (χ0n) is 8.28. The van der Waals surface area contributed by atoms with Crippen LogP contribution < -0.4 is 4.74 Å². The molecule has 1 N–H and O–H groups in total. The van der Waals surface area contributed by atoms with Gasteiger partial charge in [-0.15, -0.1) is 5.10 Å². The predicted molar refractivity (Wildman–Crippen MR) is 54.5 cm³/mol. The van der Waals surface area contributed by atoms with Crippen molar-refractivity contribution in [1.82, 2.24) is 15.0 Å². The molecule has 0 unspecified atom stereocenters. The molecule has 0 saturated carbocycles. The fourth-order valence-corrected chi connectivity index (χ4v) is 1.19. The molecule has 0 aliphatic carbocycles. The molecule has 0 bridgehead atoms. The molecule has 1 aromatic carbocycles. The minimum Gasteiger partial charge on any atom is -0.482 e. The van der Waals surface area contributed by atoms with Crippen LogP contribution >= 0.6 is 0 Å². The standard InChI is InChI=1S/C10H9N3O3/c14-10(15)7-16-9-3-1-8(2-4-9)13-6-5-11-12-13/h1-6H,7H2,(H,14,15). The van der Waals surface area contributed by atoms with Crippen molar-refractivity contribution in [3.05, 3.63) is 36.7 Å². The van der Waals surface area contributed by atoms with Gasteiger partial charge in [0.1, 0.15) is 5.75 Å². The number of ether oxygens (including phenoxy) is 1. The van der Waals surface area contributed by atoms with E-state index in [1.807, 2.05) is 0 Å². The molecule has 0 amide bonds. The molecule has 2 rings (SSSR count). The monoisotopic (exact) mass is 219 g/mol. The van der Waals surface area contributed by atoms with Crippen molar-refractivity contribution in [2.24, 2.45) is 0 Å². The van der Waals surface area contributed by atoms with Gasteiger partial charge in [-0.25, -0.2) is 9.48 Å².